The molecule has 0 aromatic heterocycles. The molecule has 62 heavy (non-hydrogen) atoms. The first-order chi connectivity index (χ1) is 29.2. The van der Waals surface area contributed by atoms with Crippen molar-refractivity contribution in [1.82, 2.24) is 0 Å². The Kier molecular flexibility index (Phi) is 12.2. The molecule has 4 aliphatic carbocycles. The van der Waals surface area contributed by atoms with E-state index in [0.717, 1.165) is 16.7 Å². The van der Waals surface area contributed by atoms with Gasteiger partial charge in [0.25, 0.3) is 0 Å². The van der Waals surface area contributed by atoms with Crippen LogP contribution in [-0.2, 0) is 33.3 Å². The molecule has 1 aromatic carbocycles. The minimum atomic E-state index is -1.74. The summed E-state index contributed by atoms with van der Waals surface area (Å²) in [6.07, 6.45) is 2.22. The van der Waals surface area contributed by atoms with Gasteiger partial charge in [-0.2, -0.15) is 0 Å². The number of esters is 2. The second-order valence-electron chi connectivity index (χ2n) is 18.8. The molecule has 1 spiro atoms. The second-order valence-corrected chi connectivity index (χ2v) is 18.8. The number of allylic oxidation sites excluding steroid dienone is 5. The van der Waals surface area contributed by atoms with E-state index in [-0.39, 0.29) is 52.6 Å². The number of rotatable bonds is 6. The molecule has 336 valence electrons. The van der Waals surface area contributed by atoms with E-state index in [4.69, 9.17) is 23.7 Å². The summed E-state index contributed by atoms with van der Waals surface area (Å²) in [5.41, 5.74) is -0.0264. The van der Waals surface area contributed by atoms with Crippen LogP contribution >= 0.6 is 0 Å². The Labute approximate surface area is 361 Å². The molecular weight excluding hydrogens is 801 g/mol. The molecule has 3 fully saturated rings. The number of aromatic hydroxyl groups is 1. The van der Waals surface area contributed by atoms with Crippen LogP contribution in [0.4, 0.5) is 0 Å². The smallest absolute Gasteiger partial charge is 0.346 e. The lowest BCUT2D eigenvalue weighted by Crippen LogP contribution is -2.60. The Hall–Kier alpha value is -4.76. The fourth-order valence-corrected chi connectivity index (χ4v) is 12.0. The molecule has 14 nitrogen and oxygen atoms in total. The minimum absolute atomic E-state index is 0.0450. The van der Waals surface area contributed by atoms with Crippen LogP contribution in [0.1, 0.15) is 96.5 Å². The average molecular weight is 861 g/mol. The number of Topliss-reactive ketones (excluding diaryl/α,β-unsaturated/α-hetero) is 1. The van der Waals surface area contributed by atoms with Gasteiger partial charge >= 0.3 is 17.9 Å². The highest BCUT2D eigenvalue weighted by Crippen LogP contribution is 2.62. The van der Waals surface area contributed by atoms with Crippen LogP contribution in [0.2, 0.25) is 0 Å². The number of phenols is 1. The molecule has 2 aliphatic heterocycles. The first-order valence-corrected chi connectivity index (χ1v) is 21.6. The van der Waals surface area contributed by atoms with E-state index in [1.807, 2.05) is 39.8 Å². The molecule has 2 saturated heterocycles. The monoisotopic (exact) mass is 860 g/mol. The van der Waals surface area contributed by atoms with Crippen LogP contribution in [-0.4, -0.2) is 98.7 Å². The van der Waals surface area contributed by atoms with Gasteiger partial charge in [-0.05, 0) is 102 Å². The highest BCUT2D eigenvalue weighted by molar-refractivity contribution is 6.26. The average Bonchev–Trinajstić information content (AvgIpc) is 3.43. The van der Waals surface area contributed by atoms with Gasteiger partial charge in [0.2, 0.25) is 5.78 Å². The Morgan fingerprint density at radius 3 is 2.31 bits per heavy atom. The molecule has 1 aromatic rings. The highest BCUT2D eigenvalue weighted by atomic mass is 16.7. The van der Waals surface area contributed by atoms with Crippen molar-refractivity contribution in [2.45, 2.75) is 130 Å². The largest absolute Gasteiger partial charge is 0.511 e. The molecule has 5 N–H and O–H groups in total. The lowest BCUT2D eigenvalue weighted by Gasteiger charge is -2.57. The zero-order valence-corrected chi connectivity index (χ0v) is 36.8. The van der Waals surface area contributed by atoms with Crippen LogP contribution in [0.15, 0.2) is 70.1 Å². The van der Waals surface area contributed by atoms with Crippen molar-refractivity contribution < 1.29 is 68.4 Å². The van der Waals surface area contributed by atoms with Gasteiger partial charge in [0.05, 0.1) is 19.3 Å². The molecule has 14 unspecified atom stereocenters. The number of aliphatic hydroxyl groups excluding tert-OH is 3. The maximum Gasteiger partial charge on any atom is 0.346 e. The number of methoxy groups -OCH3 is 1. The number of carbonyl (C=O) groups is 4. The van der Waals surface area contributed by atoms with Gasteiger partial charge in [-0.15, -0.1) is 0 Å². The summed E-state index contributed by atoms with van der Waals surface area (Å²) in [7, 11) is 1.34. The van der Waals surface area contributed by atoms with E-state index in [2.05, 4.69) is 13.0 Å². The predicted molar refractivity (Wildman–Crippen MR) is 224 cm³/mol. The normalized spacial score (nSPS) is 38.6. The third-order valence-electron chi connectivity index (χ3n) is 14.7. The number of carboxylic acids is 1. The number of phenolic OH excluding ortho intramolecular Hbond substituents is 1. The molecule has 7 rings (SSSR count). The number of hydrogen-bond donors (Lipinski definition) is 5. The maximum absolute atomic E-state index is 15.0. The Bertz CT molecular complexity index is 2200. The van der Waals surface area contributed by atoms with E-state index in [1.54, 1.807) is 20.8 Å². The summed E-state index contributed by atoms with van der Waals surface area (Å²) in [4.78, 5) is 54.9. The summed E-state index contributed by atoms with van der Waals surface area (Å²) >= 11 is 0. The van der Waals surface area contributed by atoms with Crippen LogP contribution in [0.3, 0.4) is 0 Å². The molecule has 0 radical (unpaired) electrons. The number of carbonyl (C=O) groups excluding carboxylic acids is 3. The topological polar surface area (TPSA) is 216 Å². The fourth-order valence-electron chi connectivity index (χ4n) is 12.0. The van der Waals surface area contributed by atoms with Crippen LogP contribution in [0.5, 0.6) is 11.5 Å². The summed E-state index contributed by atoms with van der Waals surface area (Å²) in [6, 6.07) is 2.65. The number of aliphatic hydroxyl groups is 3. The third kappa shape index (κ3) is 7.40. The molecule has 14 heteroatoms. The van der Waals surface area contributed by atoms with Gasteiger partial charge in [0, 0.05) is 29.4 Å². The van der Waals surface area contributed by atoms with Crippen molar-refractivity contribution in [2.75, 3.05) is 7.11 Å². The Morgan fingerprint density at radius 2 is 1.63 bits per heavy atom. The van der Waals surface area contributed by atoms with Crippen molar-refractivity contribution in [1.29, 1.82) is 0 Å². The quantitative estimate of drug-likeness (QED) is 0.120. The first kappa shape index (κ1) is 45.3. The molecule has 6 aliphatic rings. The first-order valence-electron chi connectivity index (χ1n) is 21.6. The number of fused-ring (bicyclic) bond motifs is 4. The fraction of sp³-hybridized carbons (Fsp3) is 0.583. The van der Waals surface area contributed by atoms with Gasteiger partial charge in [-0.3, -0.25) is 4.79 Å². The Balaban J connectivity index is 1.23. The number of ketones is 1. The van der Waals surface area contributed by atoms with Gasteiger partial charge in [-0.25, -0.2) is 14.4 Å². The number of ether oxygens (including phenoxy) is 5. The molecule has 1 saturated carbocycles. The second kappa shape index (κ2) is 16.7. The molecular formula is C48H60O14. The number of aryl methyl sites for hydroxylation is 1. The van der Waals surface area contributed by atoms with Crippen LogP contribution in [0.25, 0.3) is 0 Å². The minimum Gasteiger partial charge on any atom is -0.511 e. The standard InChI is InChI=1S/C48H60O14/c1-21-11-10-12-22(2)36-25(5)17-31-32(60-46-39(51)38(50)40(27(7)59-46)61-44(56)34-24(4)16-29(49)19-33(34)58-9)14-13-23(3)37(31)47(36,8)41(52)35-42(53)48(62-45(35)57)20-26(6)30(43(54)55)18-28(48)15-21/h12-13,15-16,18-19,25-28,31-32,36-40,46,49-52H,10-11,14,17,20H2,1-9H3,(H,54,55). The van der Waals surface area contributed by atoms with E-state index in [0.29, 0.717) is 31.2 Å². The summed E-state index contributed by atoms with van der Waals surface area (Å²) in [6.45, 7) is 14.8. The number of aliphatic carboxylic acids is 1. The lowest BCUT2D eigenvalue weighted by atomic mass is 9.47. The molecule has 14 atom stereocenters. The Morgan fingerprint density at radius 1 is 0.935 bits per heavy atom. The van der Waals surface area contributed by atoms with Crippen molar-refractivity contribution in [3.05, 3.63) is 81.2 Å². The zero-order valence-electron chi connectivity index (χ0n) is 36.8. The van der Waals surface area contributed by atoms with Crippen molar-refractivity contribution in [3.63, 3.8) is 0 Å². The van der Waals surface area contributed by atoms with Crippen LogP contribution < -0.4 is 4.74 Å². The van der Waals surface area contributed by atoms with E-state index >= 15 is 0 Å². The van der Waals surface area contributed by atoms with Crippen molar-refractivity contribution >= 4 is 23.7 Å². The van der Waals surface area contributed by atoms with Gasteiger partial charge in [-0.1, -0.05) is 61.8 Å². The molecule has 2 bridgehead atoms. The predicted octanol–water partition coefficient (Wildman–Crippen LogP) is 6.36. The van der Waals surface area contributed by atoms with Crippen LogP contribution in [0, 0.1) is 47.8 Å². The summed E-state index contributed by atoms with van der Waals surface area (Å²) < 4.78 is 29.9. The lowest BCUT2D eigenvalue weighted by molar-refractivity contribution is -0.310. The highest BCUT2D eigenvalue weighted by Gasteiger charge is 2.64. The van der Waals surface area contributed by atoms with E-state index in [1.165, 1.54) is 25.3 Å². The van der Waals surface area contributed by atoms with Gasteiger partial charge in [0.1, 0.15) is 40.6 Å². The van der Waals surface area contributed by atoms with Gasteiger partial charge < -0.3 is 49.2 Å². The summed E-state index contributed by atoms with van der Waals surface area (Å²) in [5, 5.41) is 55.8. The number of benzene rings is 1. The van der Waals surface area contributed by atoms with Gasteiger partial charge in [0.15, 0.2) is 18.0 Å². The van der Waals surface area contributed by atoms with E-state index in [9.17, 15) is 44.7 Å². The van der Waals surface area contributed by atoms with E-state index < -0.39 is 94.8 Å². The maximum atomic E-state index is 15.0. The molecule has 0 amide bonds. The SMILES string of the molecule is COc1cc(O)cc(C)c1C(=O)OC1C(C)OC(OC2CC=C(C)C3C2CC(C)C2C(C)=CCCC(C)=CC4C=C(C(=O)O)C(C)CC45OC(=O)C(=C(O)C23C)C5=O)C(O)C1O. The zero-order chi connectivity index (χ0) is 45.3. The number of hydrogen-bond acceptors (Lipinski definition) is 13. The molecule has 2 heterocycles. The van der Waals surface area contributed by atoms with Crippen molar-refractivity contribution in [3.8, 4) is 11.5 Å². The number of carboxylic acid groups (broad SMARTS) is 1. The van der Waals surface area contributed by atoms with Crippen molar-refractivity contribution in [2.24, 2.45) is 40.9 Å². The third-order valence-corrected chi connectivity index (χ3v) is 14.7. The summed E-state index contributed by atoms with van der Waals surface area (Å²) in [5.74, 6) is -6.73.